The zero-order valence-corrected chi connectivity index (χ0v) is 15.4. The Kier molecular flexibility index (Phi) is 5.01. The third-order valence-corrected chi connectivity index (χ3v) is 4.14. The monoisotopic (exact) mass is 332 g/mol. The number of hydrogen-bond acceptors (Lipinski definition) is 5. The lowest BCUT2D eigenvalue weighted by Crippen LogP contribution is -2.41. The van der Waals surface area contributed by atoms with Crippen molar-refractivity contribution in [3.63, 3.8) is 0 Å². The molecule has 0 saturated carbocycles. The van der Waals surface area contributed by atoms with Crippen LogP contribution in [0.25, 0.3) is 5.65 Å². The molecule has 24 heavy (non-hydrogen) atoms. The zero-order chi connectivity index (χ0) is 18.1. The van der Waals surface area contributed by atoms with Crippen LogP contribution >= 0.6 is 0 Å². The number of carbonyl (C=O) groups is 1. The Hall–Kier alpha value is -1.93. The minimum atomic E-state index is -0.527. The minimum absolute atomic E-state index is 0.172. The number of amides is 1. The van der Waals surface area contributed by atoms with Gasteiger partial charge in [-0.05, 0) is 39.8 Å². The average molecular weight is 332 g/mol. The van der Waals surface area contributed by atoms with Gasteiger partial charge in [0, 0.05) is 6.92 Å². The molecule has 8 heteroatoms. The van der Waals surface area contributed by atoms with Gasteiger partial charge in [0.25, 0.3) is 0 Å². The van der Waals surface area contributed by atoms with Gasteiger partial charge in [0.1, 0.15) is 0 Å². The standard InChI is InChI=1S/C14H19BN4O3.C2H6/c1-9(20)16-11-8-19-12(17-11)7-6-10(18-19)15-21-13(2,3)14(4,5)22-15;1-2/h6-8H,1-5H3,(H,16,20);1-2H3. The summed E-state index contributed by atoms with van der Waals surface area (Å²) in [6.45, 7) is 13.4. The van der Waals surface area contributed by atoms with E-state index in [1.165, 1.54) is 6.92 Å². The number of hydrogen-bond donors (Lipinski definition) is 1. The van der Waals surface area contributed by atoms with Crippen LogP contribution in [0.2, 0.25) is 0 Å². The van der Waals surface area contributed by atoms with Gasteiger partial charge in [0.15, 0.2) is 11.5 Å². The van der Waals surface area contributed by atoms with Crippen LogP contribution in [0.5, 0.6) is 0 Å². The van der Waals surface area contributed by atoms with Gasteiger partial charge in [-0.25, -0.2) is 9.50 Å². The fourth-order valence-electron chi connectivity index (χ4n) is 2.23. The molecule has 1 aliphatic rings. The Labute approximate surface area is 142 Å². The first kappa shape index (κ1) is 18.4. The van der Waals surface area contributed by atoms with Crippen LogP contribution in [-0.4, -0.2) is 38.8 Å². The lowest BCUT2D eigenvalue weighted by atomic mass is 9.85. The Morgan fingerprint density at radius 2 is 1.75 bits per heavy atom. The van der Waals surface area contributed by atoms with Crippen molar-refractivity contribution < 1.29 is 14.1 Å². The molecule has 0 bridgehead atoms. The fourth-order valence-corrected chi connectivity index (χ4v) is 2.23. The second-order valence-corrected chi connectivity index (χ2v) is 6.46. The number of imidazole rings is 1. The van der Waals surface area contributed by atoms with E-state index in [-0.39, 0.29) is 5.91 Å². The van der Waals surface area contributed by atoms with E-state index in [9.17, 15) is 4.79 Å². The average Bonchev–Trinajstić information content (AvgIpc) is 2.97. The summed E-state index contributed by atoms with van der Waals surface area (Å²) in [6.07, 6.45) is 1.66. The summed E-state index contributed by atoms with van der Waals surface area (Å²) in [7, 11) is -0.527. The molecule has 1 amide bonds. The van der Waals surface area contributed by atoms with Crippen molar-refractivity contribution in [2.45, 2.75) is 59.7 Å². The summed E-state index contributed by atoms with van der Waals surface area (Å²) in [5.74, 6) is 0.292. The second kappa shape index (κ2) is 6.53. The quantitative estimate of drug-likeness (QED) is 0.851. The number of rotatable bonds is 2. The summed E-state index contributed by atoms with van der Waals surface area (Å²) in [5.41, 5.74) is 0.483. The Morgan fingerprint density at radius 1 is 1.17 bits per heavy atom. The number of nitrogens with one attached hydrogen (secondary N) is 1. The van der Waals surface area contributed by atoms with Crippen molar-refractivity contribution in [2.24, 2.45) is 0 Å². The third kappa shape index (κ3) is 3.44. The van der Waals surface area contributed by atoms with Crippen LogP contribution in [0.4, 0.5) is 5.82 Å². The molecule has 130 valence electrons. The molecule has 7 nitrogen and oxygen atoms in total. The first-order valence-corrected chi connectivity index (χ1v) is 8.17. The summed E-state index contributed by atoms with van der Waals surface area (Å²) >= 11 is 0. The van der Waals surface area contributed by atoms with Gasteiger partial charge in [-0.3, -0.25) is 4.79 Å². The van der Waals surface area contributed by atoms with E-state index in [1.54, 1.807) is 10.7 Å². The molecule has 0 unspecified atom stereocenters. The van der Waals surface area contributed by atoms with Crippen molar-refractivity contribution in [1.29, 1.82) is 0 Å². The molecule has 1 fully saturated rings. The normalized spacial score (nSPS) is 18.2. The van der Waals surface area contributed by atoms with Gasteiger partial charge in [0.05, 0.1) is 23.0 Å². The van der Waals surface area contributed by atoms with Gasteiger partial charge in [0.2, 0.25) is 5.91 Å². The number of anilines is 1. The summed E-state index contributed by atoms with van der Waals surface area (Å²) in [4.78, 5) is 15.4. The summed E-state index contributed by atoms with van der Waals surface area (Å²) < 4.78 is 13.6. The number of carbonyl (C=O) groups excluding carboxylic acids is 1. The van der Waals surface area contributed by atoms with E-state index >= 15 is 0 Å². The van der Waals surface area contributed by atoms with E-state index in [1.807, 2.05) is 53.7 Å². The van der Waals surface area contributed by atoms with Crippen molar-refractivity contribution in [1.82, 2.24) is 14.6 Å². The van der Waals surface area contributed by atoms with Crippen molar-refractivity contribution in [3.8, 4) is 0 Å². The molecule has 0 atom stereocenters. The van der Waals surface area contributed by atoms with Crippen LogP contribution in [-0.2, 0) is 14.1 Å². The fraction of sp³-hybridized carbons (Fsp3) is 0.562. The molecule has 2 aromatic rings. The van der Waals surface area contributed by atoms with Gasteiger partial charge in [-0.2, -0.15) is 5.10 Å². The molecule has 2 aromatic heterocycles. The molecule has 0 aromatic carbocycles. The number of fused-ring (bicyclic) bond motifs is 1. The van der Waals surface area contributed by atoms with Gasteiger partial charge in [-0.1, -0.05) is 13.8 Å². The SMILES string of the molecule is CC.CC(=O)Nc1cn2nc(B3OC(C)(C)C(C)(C)O3)ccc2n1. The maximum atomic E-state index is 11.1. The Bertz CT molecular complexity index is 726. The maximum Gasteiger partial charge on any atom is 0.516 e. The molecule has 0 aliphatic carbocycles. The maximum absolute atomic E-state index is 11.1. The Morgan fingerprint density at radius 3 is 2.29 bits per heavy atom. The van der Waals surface area contributed by atoms with Gasteiger partial charge < -0.3 is 14.6 Å². The minimum Gasteiger partial charge on any atom is -0.398 e. The molecular weight excluding hydrogens is 307 g/mol. The first-order valence-electron chi connectivity index (χ1n) is 8.17. The predicted molar refractivity (Wildman–Crippen MR) is 94.4 cm³/mol. The van der Waals surface area contributed by atoms with Crippen LogP contribution in [0, 0.1) is 0 Å². The van der Waals surface area contributed by atoms with Crippen LogP contribution in [0.3, 0.4) is 0 Å². The molecule has 0 spiro atoms. The van der Waals surface area contributed by atoms with Crippen molar-refractivity contribution >= 4 is 30.1 Å². The van der Waals surface area contributed by atoms with E-state index in [4.69, 9.17) is 9.31 Å². The topological polar surface area (TPSA) is 77.8 Å². The highest BCUT2D eigenvalue weighted by Crippen LogP contribution is 2.36. The highest BCUT2D eigenvalue weighted by Gasteiger charge is 2.52. The number of nitrogens with zero attached hydrogens (tertiary/aromatic N) is 3. The molecular formula is C16H25BN4O3. The number of aromatic nitrogens is 3. The van der Waals surface area contributed by atoms with E-state index in [0.717, 1.165) is 0 Å². The Balaban J connectivity index is 0.00000100. The summed E-state index contributed by atoms with van der Waals surface area (Å²) in [6, 6.07) is 3.64. The molecule has 3 rings (SSSR count). The van der Waals surface area contributed by atoms with E-state index < -0.39 is 18.3 Å². The lowest BCUT2D eigenvalue weighted by molar-refractivity contribution is -0.114. The van der Waals surface area contributed by atoms with Crippen molar-refractivity contribution in [3.05, 3.63) is 18.3 Å². The van der Waals surface area contributed by atoms with Gasteiger partial charge in [-0.15, -0.1) is 0 Å². The molecule has 0 radical (unpaired) electrons. The van der Waals surface area contributed by atoms with Crippen LogP contribution in [0.15, 0.2) is 18.3 Å². The van der Waals surface area contributed by atoms with Gasteiger partial charge >= 0.3 is 7.12 Å². The molecule has 1 N–H and O–H groups in total. The zero-order valence-electron chi connectivity index (χ0n) is 15.4. The van der Waals surface area contributed by atoms with Crippen LogP contribution < -0.4 is 10.9 Å². The predicted octanol–water partition coefficient (Wildman–Crippen LogP) is 2.01. The third-order valence-electron chi connectivity index (χ3n) is 4.14. The lowest BCUT2D eigenvalue weighted by Gasteiger charge is -2.32. The van der Waals surface area contributed by atoms with E-state index in [2.05, 4.69) is 15.4 Å². The molecule has 1 saturated heterocycles. The van der Waals surface area contributed by atoms with Crippen molar-refractivity contribution in [2.75, 3.05) is 5.32 Å². The first-order chi connectivity index (χ1) is 11.2. The molecule has 1 aliphatic heterocycles. The summed E-state index contributed by atoms with van der Waals surface area (Å²) in [5, 5.41) is 7.11. The molecule has 3 heterocycles. The smallest absolute Gasteiger partial charge is 0.398 e. The largest absolute Gasteiger partial charge is 0.516 e. The highest BCUT2D eigenvalue weighted by molar-refractivity contribution is 6.61. The van der Waals surface area contributed by atoms with E-state index in [0.29, 0.717) is 17.1 Å². The second-order valence-electron chi connectivity index (χ2n) is 6.46. The highest BCUT2D eigenvalue weighted by atomic mass is 16.7. The van der Waals surface area contributed by atoms with Crippen LogP contribution in [0.1, 0.15) is 48.5 Å².